The summed E-state index contributed by atoms with van der Waals surface area (Å²) < 4.78 is 0. The van der Waals surface area contributed by atoms with Crippen molar-refractivity contribution in [1.29, 1.82) is 0 Å². The van der Waals surface area contributed by atoms with E-state index in [9.17, 15) is 9.90 Å². The zero-order valence-electron chi connectivity index (χ0n) is 13.3. The monoisotopic (exact) mass is 313 g/mol. The van der Waals surface area contributed by atoms with Gasteiger partial charge in [-0.2, -0.15) is 11.3 Å². The molecule has 2 unspecified atom stereocenters. The Labute approximate surface area is 131 Å². The molecule has 0 aliphatic heterocycles. The highest BCUT2D eigenvalue weighted by atomic mass is 32.1. The molecule has 1 aromatic heterocycles. The molecule has 120 valence electrons. The Morgan fingerprint density at radius 1 is 1.52 bits per heavy atom. The van der Waals surface area contributed by atoms with E-state index in [-0.39, 0.29) is 12.6 Å². The number of thiophene rings is 1. The van der Waals surface area contributed by atoms with Crippen molar-refractivity contribution in [2.45, 2.75) is 38.8 Å². The van der Waals surface area contributed by atoms with Crippen LogP contribution in [-0.4, -0.2) is 48.8 Å². The van der Waals surface area contributed by atoms with E-state index < -0.39 is 5.60 Å². The molecule has 2 amide bonds. The van der Waals surface area contributed by atoms with Gasteiger partial charge in [-0.3, -0.25) is 0 Å². The van der Waals surface area contributed by atoms with E-state index in [1.165, 1.54) is 11.3 Å². The molecule has 0 aliphatic rings. The molecule has 3 N–H and O–H groups in total. The zero-order chi connectivity index (χ0) is 15.9. The van der Waals surface area contributed by atoms with Crippen molar-refractivity contribution in [2.75, 3.05) is 26.7 Å². The number of nitrogens with one attached hydrogen (secondary N) is 2. The van der Waals surface area contributed by atoms with Crippen LogP contribution >= 0.6 is 11.3 Å². The first-order valence-corrected chi connectivity index (χ1v) is 8.28. The molecule has 0 saturated carbocycles. The first kappa shape index (κ1) is 17.9. The fraction of sp³-hybridized carbons (Fsp3) is 0.667. The van der Waals surface area contributed by atoms with Crippen LogP contribution in [0.4, 0.5) is 4.79 Å². The maximum Gasteiger partial charge on any atom is 0.314 e. The highest BCUT2D eigenvalue weighted by Gasteiger charge is 2.24. The Bertz CT molecular complexity index is 421. The van der Waals surface area contributed by atoms with Gasteiger partial charge >= 0.3 is 6.03 Å². The summed E-state index contributed by atoms with van der Waals surface area (Å²) in [5.41, 5.74) is -0.213. The van der Waals surface area contributed by atoms with Crippen molar-refractivity contribution in [3.63, 3.8) is 0 Å². The Hall–Kier alpha value is -1.11. The summed E-state index contributed by atoms with van der Waals surface area (Å²) in [4.78, 5) is 13.9. The Morgan fingerprint density at radius 3 is 2.81 bits per heavy atom. The fourth-order valence-corrected chi connectivity index (χ4v) is 2.65. The molecule has 0 radical (unpaired) electrons. The molecule has 0 saturated heterocycles. The molecule has 6 heteroatoms. The number of amides is 2. The molecule has 0 bridgehead atoms. The van der Waals surface area contributed by atoms with Crippen molar-refractivity contribution < 1.29 is 9.90 Å². The summed E-state index contributed by atoms with van der Waals surface area (Å²) in [5, 5.41) is 19.6. The van der Waals surface area contributed by atoms with Crippen LogP contribution in [0.1, 0.15) is 32.8 Å². The highest BCUT2D eigenvalue weighted by molar-refractivity contribution is 7.08. The third kappa shape index (κ3) is 6.03. The van der Waals surface area contributed by atoms with Gasteiger partial charge in [-0.05, 0) is 49.7 Å². The van der Waals surface area contributed by atoms with Crippen LogP contribution < -0.4 is 10.6 Å². The molecule has 1 aromatic rings. The van der Waals surface area contributed by atoms with Crippen LogP contribution in [0.2, 0.25) is 0 Å². The van der Waals surface area contributed by atoms with Gasteiger partial charge in [-0.1, -0.05) is 6.92 Å². The van der Waals surface area contributed by atoms with Crippen molar-refractivity contribution in [1.82, 2.24) is 15.5 Å². The number of nitrogens with zero attached hydrogens (tertiary/aromatic N) is 1. The van der Waals surface area contributed by atoms with Crippen LogP contribution in [0.25, 0.3) is 0 Å². The smallest absolute Gasteiger partial charge is 0.314 e. The van der Waals surface area contributed by atoms with E-state index >= 15 is 0 Å². The van der Waals surface area contributed by atoms with Crippen LogP contribution in [0.3, 0.4) is 0 Å². The van der Waals surface area contributed by atoms with Crippen LogP contribution in [0.15, 0.2) is 16.8 Å². The second-order valence-corrected chi connectivity index (χ2v) is 6.41. The predicted molar refractivity (Wildman–Crippen MR) is 87.7 cm³/mol. The number of carbonyl (C=O) groups excluding carboxylic acids is 1. The minimum atomic E-state index is -1.04. The normalized spacial score (nSPS) is 15.5. The van der Waals surface area contributed by atoms with Crippen LogP contribution in [-0.2, 0) is 5.60 Å². The number of aliphatic hydroxyl groups is 1. The van der Waals surface area contributed by atoms with Gasteiger partial charge in [0.2, 0.25) is 0 Å². The minimum absolute atomic E-state index is 0.191. The molecule has 0 aromatic carbocycles. The Kier molecular flexibility index (Phi) is 7.14. The van der Waals surface area contributed by atoms with Gasteiger partial charge in [0.05, 0.1) is 6.54 Å². The maximum absolute atomic E-state index is 11.7. The molecule has 21 heavy (non-hydrogen) atoms. The lowest BCUT2D eigenvalue weighted by molar-refractivity contribution is 0.0598. The zero-order valence-corrected chi connectivity index (χ0v) is 14.2. The van der Waals surface area contributed by atoms with E-state index in [1.54, 1.807) is 6.92 Å². The summed E-state index contributed by atoms with van der Waals surface area (Å²) in [6.07, 6.45) is 1.09. The SMILES string of the molecule is CCC(C)N(C)CCNC(=O)NCC(C)(O)c1ccsc1. The lowest BCUT2D eigenvalue weighted by Gasteiger charge is -2.24. The first-order chi connectivity index (χ1) is 9.86. The molecular formula is C15H27N3O2S. The van der Waals surface area contributed by atoms with Gasteiger partial charge < -0.3 is 20.6 Å². The number of urea groups is 1. The standard InChI is InChI=1S/C15H27N3O2S/c1-5-12(2)18(4)8-7-16-14(19)17-11-15(3,20)13-6-9-21-10-13/h6,9-10,12,20H,5,7-8,11H2,1-4H3,(H2,16,17,19). The van der Waals surface area contributed by atoms with Crippen molar-refractivity contribution in [3.8, 4) is 0 Å². The molecule has 1 heterocycles. The minimum Gasteiger partial charge on any atom is -0.384 e. The molecule has 0 aliphatic carbocycles. The fourth-order valence-electron chi connectivity index (χ4n) is 1.87. The molecule has 0 fully saturated rings. The third-order valence-corrected chi connectivity index (χ3v) is 4.51. The number of hydrogen-bond acceptors (Lipinski definition) is 4. The third-order valence-electron chi connectivity index (χ3n) is 3.83. The molecule has 5 nitrogen and oxygen atoms in total. The summed E-state index contributed by atoms with van der Waals surface area (Å²) in [7, 11) is 2.05. The van der Waals surface area contributed by atoms with E-state index in [2.05, 4.69) is 36.4 Å². The number of hydrogen-bond donors (Lipinski definition) is 3. The number of rotatable bonds is 8. The molecular weight excluding hydrogens is 286 g/mol. The van der Waals surface area contributed by atoms with Gasteiger partial charge in [0.25, 0.3) is 0 Å². The van der Waals surface area contributed by atoms with E-state index in [1.807, 2.05) is 16.8 Å². The number of likely N-dealkylation sites (N-methyl/N-ethyl adjacent to an activating group) is 1. The van der Waals surface area contributed by atoms with Gasteiger partial charge in [0, 0.05) is 19.1 Å². The van der Waals surface area contributed by atoms with Gasteiger partial charge in [-0.15, -0.1) is 0 Å². The summed E-state index contributed by atoms with van der Waals surface area (Å²) in [6.45, 7) is 7.60. The average Bonchev–Trinajstić information content (AvgIpc) is 2.99. The lowest BCUT2D eigenvalue weighted by Crippen LogP contribution is -2.45. The van der Waals surface area contributed by atoms with E-state index in [0.717, 1.165) is 18.5 Å². The first-order valence-electron chi connectivity index (χ1n) is 7.33. The van der Waals surface area contributed by atoms with Crippen LogP contribution in [0, 0.1) is 0 Å². The Morgan fingerprint density at radius 2 is 2.24 bits per heavy atom. The maximum atomic E-state index is 11.7. The summed E-state index contributed by atoms with van der Waals surface area (Å²) >= 11 is 1.53. The van der Waals surface area contributed by atoms with Crippen molar-refractivity contribution >= 4 is 17.4 Å². The van der Waals surface area contributed by atoms with Crippen molar-refractivity contribution in [2.24, 2.45) is 0 Å². The molecule has 1 rings (SSSR count). The van der Waals surface area contributed by atoms with Gasteiger partial charge in [0.15, 0.2) is 0 Å². The Balaban J connectivity index is 2.25. The largest absolute Gasteiger partial charge is 0.384 e. The second-order valence-electron chi connectivity index (χ2n) is 5.63. The lowest BCUT2D eigenvalue weighted by atomic mass is 9.99. The molecule has 2 atom stereocenters. The summed E-state index contributed by atoms with van der Waals surface area (Å²) in [6, 6.07) is 2.13. The molecule has 0 spiro atoms. The predicted octanol–water partition coefficient (Wildman–Crippen LogP) is 1.99. The van der Waals surface area contributed by atoms with Gasteiger partial charge in [-0.25, -0.2) is 4.79 Å². The second kappa shape index (κ2) is 8.36. The van der Waals surface area contributed by atoms with Gasteiger partial charge in [0.1, 0.15) is 5.60 Å². The van der Waals surface area contributed by atoms with E-state index in [0.29, 0.717) is 12.6 Å². The topological polar surface area (TPSA) is 64.6 Å². The van der Waals surface area contributed by atoms with Crippen molar-refractivity contribution in [3.05, 3.63) is 22.4 Å². The number of carbonyl (C=O) groups is 1. The summed E-state index contributed by atoms with van der Waals surface area (Å²) in [5.74, 6) is 0. The highest BCUT2D eigenvalue weighted by Crippen LogP contribution is 2.21. The van der Waals surface area contributed by atoms with Crippen LogP contribution in [0.5, 0.6) is 0 Å². The quantitative estimate of drug-likeness (QED) is 0.688. The average molecular weight is 313 g/mol. The van der Waals surface area contributed by atoms with E-state index in [4.69, 9.17) is 0 Å².